The van der Waals surface area contributed by atoms with Crippen LogP contribution in [-0.2, 0) is 29.9 Å². The lowest BCUT2D eigenvalue weighted by Gasteiger charge is -2.36. The van der Waals surface area contributed by atoms with E-state index in [-0.39, 0.29) is 35.6 Å². The van der Waals surface area contributed by atoms with Crippen LogP contribution in [0.2, 0.25) is 0 Å². The molecule has 0 bridgehead atoms. The van der Waals surface area contributed by atoms with Crippen LogP contribution in [0.4, 0.5) is 23.0 Å². The van der Waals surface area contributed by atoms with Gasteiger partial charge >= 0.3 is 0 Å². The Labute approximate surface area is 372 Å². The van der Waals surface area contributed by atoms with E-state index in [0.29, 0.717) is 42.7 Å². The molecule has 2 saturated heterocycles. The second-order valence-electron chi connectivity index (χ2n) is 16.3. The number of aromatic nitrogens is 3. The summed E-state index contributed by atoms with van der Waals surface area (Å²) in [7, 11) is -1.04. The average molecular weight is 894 g/mol. The normalized spacial score (nSPS) is 17.4. The first-order valence-electron chi connectivity index (χ1n) is 21.6. The number of nitrogens with one attached hydrogen (secondary N) is 5. The van der Waals surface area contributed by atoms with E-state index in [2.05, 4.69) is 52.1 Å². The number of fused-ring (bicyclic) bond motifs is 1. The molecule has 338 valence electrons. The fourth-order valence-corrected chi connectivity index (χ4v) is 9.08. The molecule has 0 saturated carbocycles. The molecule has 0 radical (unpaired) electrons. The van der Waals surface area contributed by atoms with Crippen molar-refractivity contribution in [2.45, 2.75) is 63.2 Å². The van der Waals surface area contributed by atoms with Crippen LogP contribution in [0.1, 0.15) is 77.6 Å². The van der Waals surface area contributed by atoms with Crippen molar-refractivity contribution in [1.82, 2.24) is 35.4 Å². The quantitative estimate of drug-likeness (QED) is 0.0605. The van der Waals surface area contributed by atoms with Crippen LogP contribution in [-0.4, -0.2) is 124 Å². The highest BCUT2D eigenvalue weighted by Gasteiger charge is 2.45. The van der Waals surface area contributed by atoms with Gasteiger partial charge in [-0.05, 0) is 67.8 Å². The van der Waals surface area contributed by atoms with Crippen molar-refractivity contribution in [2.24, 2.45) is 0 Å². The Kier molecular flexibility index (Phi) is 14.8. The van der Waals surface area contributed by atoms with Gasteiger partial charge in [-0.1, -0.05) is 37.5 Å². The first kappa shape index (κ1) is 45.6. The Morgan fingerprint density at radius 1 is 0.906 bits per heavy atom. The minimum absolute atomic E-state index is 0.0376. The van der Waals surface area contributed by atoms with E-state index in [4.69, 9.17) is 9.52 Å². The van der Waals surface area contributed by atoms with Crippen molar-refractivity contribution in [2.75, 3.05) is 74.7 Å². The lowest BCUT2D eigenvalue weighted by atomic mass is 10.0. The third-order valence-corrected chi connectivity index (χ3v) is 12.4. The first-order chi connectivity index (χ1) is 30.9. The summed E-state index contributed by atoms with van der Waals surface area (Å²) >= 11 is 0. The van der Waals surface area contributed by atoms with Crippen LogP contribution in [0, 0.1) is 4.78 Å². The van der Waals surface area contributed by atoms with Gasteiger partial charge in [-0.15, -0.1) is 0 Å². The zero-order chi connectivity index (χ0) is 45.2. The van der Waals surface area contributed by atoms with E-state index in [1.165, 1.54) is 12.6 Å². The van der Waals surface area contributed by atoms with Crippen molar-refractivity contribution in [3.8, 4) is 17.1 Å². The van der Waals surface area contributed by atoms with Gasteiger partial charge < -0.3 is 25.6 Å². The van der Waals surface area contributed by atoms with Crippen LogP contribution >= 0.6 is 0 Å². The first-order valence-corrected chi connectivity index (χ1v) is 23.8. The average Bonchev–Trinajstić information content (AvgIpc) is 3.53. The predicted octanol–water partition coefficient (Wildman–Crippen LogP) is 4.56. The Morgan fingerprint density at radius 3 is 2.47 bits per heavy atom. The number of benzene rings is 3. The van der Waals surface area contributed by atoms with E-state index >= 15 is 0 Å². The second kappa shape index (κ2) is 20.8. The van der Waals surface area contributed by atoms with Gasteiger partial charge in [0.1, 0.15) is 18.1 Å². The van der Waals surface area contributed by atoms with Gasteiger partial charge in [0.05, 0.1) is 29.6 Å². The van der Waals surface area contributed by atoms with Gasteiger partial charge in [-0.2, -0.15) is 4.98 Å². The highest BCUT2D eigenvalue weighted by atomic mass is 32.2. The Hall–Kier alpha value is -6.47. The molecule has 19 heteroatoms. The van der Waals surface area contributed by atoms with Crippen LogP contribution in [0.3, 0.4) is 0 Å². The third-order valence-electron chi connectivity index (χ3n) is 11.5. The van der Waals surface area contributed by atoms with Gasteiger partial charge in [-0.3, -0.25) is 43.9 Å². The van der Waals surface area contributed by atoms with E-state index in [1.807, 2.05) is 36.4 Å². The number of imide groups is 2. The minimum Gasteiger partial charge on any atom is -0.496 e. The summed E-state index contributed by atoms with van der Waals surface area (Å²) in [5, 5.41) is 11.5. The molecule has 2 unspecified atom stereocenters. The molecule has 2 fully saturated rings. The van der Waals surface area contributed by atoms with Gasteiger partial charge in [0, 0.05) is 91.2 Å². The molecule has 2 atom stereocenters. The molecule has 0 aliphatic carbocycles. The number of carbonyl (C=O) groups excluding carboxylic acids is 5. The second-order valence-corrected chi connectivity index (χ2v) is 18.6. The summed E-state index contributed by atoms with van der Waals surface area (Å²) in [5.41, 5.74) is 4.17. The Bertz CT molecular complexity index is 2490. The highest BCUT2D eigenvalue weighted by Crippen LogP contribution is 2.34. The number of anilines is 4. The largest absolute Gasteiger partial charge is 0.496 e. The summed E-state index contributed by atoms with van der Waals surface area (Å²) in [5.74, 6) is -0.605. The zero-order valence-corrected chi connectivity index (χ0v) is 37.0. The van der Waals surface area contributed by atoms with Gasteiger partial charge in [0.15, 0.2) is 5.82 Å². The molecule has 3 aromatic carbocycles. The molecule has 3 aliphatic rings. The smallest absolute Gasteiger partial charge is 0.264 e. The molecule has 4 aromatic rings. The molecule has 7 rings (SSSR count). The Balaban J connectivity index is 0.768. The monoisotopic (exact) mass is 893 g/mol. The summed E-state index contributed by atoms with van der Waals surface area (Å²) in [6.45, 7) is 5.43. The molecule has 5 amide bonds. The number of methoxy groups -OCH3 is 1. The van der Waals surface area contributed by atoms with E-state index in [1.54, 1.807) is 25.3 Å². The number of rotatable bonds is 20. The van der Waals surface area contributed by atoms with Crippen LogP contribution in [0.15, 0.2) is 67.0 Å². The number of unbranched alkanes of at least 4 members (excludes halogenated alkanes) is 4. The van der Waals surface area contributed by atoms with E-state index in [9.17, 15) is 28.2 Å². The summed E-state index contributed by atoms with van der Waals surface area (Å²) in [6.07, 6.45) is 8.49. The number of nitrogens with zero attached hydrogens (tertiary/aromatic N) is 6. The molecule has 18 nitrogen and oxygen atoms in total. The standard InChI is InChI=1S/C45H55N11O7S/c1-63-37-27-32(15-16-33(37)41-49-29-50-45(53-41)51-31-11-8-10-30(26-31)28-64(2,46)62)55-24-22-54(23-25-55)21-7-5-3-4-6-14-38(57)48-20-19-47-35-13-9-12-34-40(35)44(61)56(43(34)60)36-17-18-39(58)52-42(36)59/h8-13,15-16,26-27,29,36,46-47H,3-7,14,17-25,28H2,1-2H3,(H,48,57)(H,52,58,59)(H,49,50,51,53). The SMILES string of the molecule is COc1cc(N2CCN(CCCCCCCC(=O)NCCNc3cccc4c3C(=O)N(C3CCC(=O)NC3=O)C4=O)CC2)ccc1-c1ncnc(Nc2cccc(CS(C)(=N)=O)c2)n1. The van der Waals surface area contributed by atoms with Crippen LogP contribution < -0.4 is 30.9 Å². The van der Waals surface area contributed by atoms with Gasteiger partial charge in [0.2, 0.25) is 23.7 Å². The zero-order valence-electron chi connectivity index (χ0n) is 36.2. The lowest BCUT2D eigenvalue weighted by Crippen LogP contribution is -2.54. The molecular formula is C45H55N11O7S. The number of amides is 5. The van der Waals surface area contributed by atoms with Gasteiger partial charge in [-0.25, -0.2) is 14.2 Å². The number of hydrogen-bond acceptors (Lipinski definition) is 15. The van der Waals surface area contributed by atoms with Crippen molar-refractivity contribution >= 4 is 62.3 Å². The van der Waals surface area contributed by atoms with Crippen molar-refractivity contribution in [1.29, 1.82) is 4.78 Å². The predicted molar refractivity (Wildman–Crippen MR) is 243 cm³/mol. The fraction of sp³-hybridized carbons (Fsp3) is 0.422. The molecular weight excluding hydrogens is 839 g/mol. The number of hydrogen-bond donors (Lipinski definition) is 5. The molecule has 5 N–H and O–H groups in total. The van der Waals surface area contributed by atoms with E-state index in [0.717, 1.165) is 92.2 Å². The van der Waals surface area contributed by atoms with Crippen LogP contribution in [0.5, 0.6) is 5.75 Å². The van der Waals surface area contributed by atoms with Crippen molar-refractivity contribution in [3.63, 3.8) is 0 Å². The van der Waals surface area contributed by atoms with E-state index < -0.39 is 39.4 Å². The van der Waals surface area contributed by atoms with Crippen molar-refractivity contribution < 1.29 is 32.9 Å². The molecule has 0 spiro atoms. The Morgan fingerprint density at radius 2 is 1.69 bits per heavy atom. The molecule has 4 heterocycles. The minimum atomic E-state index is -2.67. The maximum absolute atomic E-state index is 13.3. The summed E-state index contributed by atoms with van der Waals surface area (Å²) in [6, 6.07) is 17.3. The topological polar surface area (TPSA) is 232 Å². The number of ether oxygens (including phenoxy) is 1. The molecule has 64 heavy (non-hydrogen) atoms. The lowest BCUT2D eigenvalue weighted by molar-refractivity contribution is -0.136. The van der Waals surface area contributed by atoms with Gasteiger partial charge in [0.25, 0.3) is 11.8 Å². The van der Waals surface area contributed by atoms with Crippen LogP contribution in [0.25, 0.3) is 11.4 Å². The fourth-order valence-electron chi connectivity index (χ4n) is 8.26. The van der Waals surface area contributed by atoms with Crippen molar-refractivity contribution in [3.05, 3.63) is 83.7 Å². The molecule has 1 aromatic heterocycles. The molecule has 3 aliphatic heterocycles. The number of carbonyl (C=O) groups is 5. The summed E-state index contributed by atoms with van der Waals surface area (Å²) in [4.78, 5) is 82.0. The maximum Gasteiger partial charge on any atom is 0.264 e. The summed E-state index contributed by atoms with van der Waals surface area (Å²) < 4.78 is 25.6. The maximum atomic E-state index is 13.3. The number of piperidine rings is 1. The third kappa shape index (κ3) is 11.6. The highest BCUT2D eigenvalue weighted by molar-refractivity contribution is 7.90. The number of piperazine rings is 1.